The van der Waals surface area contributed by atoms with Crippen LogP contribution in [0.2, 0.25) is 0 Å². The summed E-state index contributed by atoms with van der Waals surface area (Å²) in [5, 5.41) is 18.7. The fourth-order valence-electron chi connectivity index (χ4n) is 4.50. The number of amides is 1. The first-order valence-corrected chi connectivity index (χ1v) is 13.2. The van der Waals surface area contributed by atoms with E-state index in [0.29, 0.717) is 16.1 Å². The van der Waals surface area contributed by atoms with Crippen LogP contribution in [0.25, 0.3) is 15.3 Å². The van der Waals surface area contributed by atoms with E-state index in [2.05, 4.69) is 10.1 Å². The van der Waals surface area contributed by atoms with Crippen molar-refractivity contribution in [3.63, 3.8) is 0 Å². The fraction of sp³-hybridized carbons (Fsp3) is 0.435. The molecular weight excluding hydrogens is 504 g/mol. The number of hydrogen-bond donors (Lipinski definition) is 1. The van der Waals surface area contributed by atoms with Crippen LogP contribution in [0.4, 0.5) is 0 Å². The fourth-order valence-corrected chi connectivity index (χ4v) is 6.57. The highest BCUT2D eigenvalue weighted by molar-refractivity contribution is 7.19. The monoisotopic (exact) mass is 530 g/mol. The van der Waals surface area contributed by atoms with Gasteiger partial charge in [0.05, 0.1) is 23.3 Å². The lowest BCUT2D eigenvalue weighted by molar-refractivity contribution is -0.141. The molecule has 11 nitrogen and oxygen atoms in total. The van der Waals surface area contributed by atoms with Crippen molar-refractivity contribution in [2.45, 2.75) is 52.8 Å². The van der Waals surface area contributed by atoms with Crippen molar-refractivity contribution in [3.05, 3.63) is 59.8 Å². The Bertz CT molecular complexity index is 1590. The van der Waals surface area contributed by atoms with Gasteiger partial charge in [0.25, 0.3) is 11.5 Å². The van der Waals surface area contributed by atoms with Gasteiger partial charge in [-0.3, -0.25) is 23.6 Å². The number of hydrogen-bond acceptors (Lipinski definition) is 9. The van der Waals surface area contributed by atoms with Gasteiger partial charge in [-0.05, 0) is 27.7 Å². The highest BCUT2D eigenvalue weighted by Crippen LogP contribution is 2.35. The van der Waals surface area contributed by atoms with E-state index in [1.807, 2.05) is 33.1 Å². The van der Waals surface area contributed by atoms with E-state index >= 15 is 0 Å². The average Bonchev–Trinajstić information content (AvgIpc) is 3.61. The quantitative estimate of drug-likeness (QED) is 0.420. The zero-order chi connectivity index (χ0) is 25.9. The molecule has 36 heavy (non-hydrogen) atoms. The third-order valence-electron chi connectivity index (χ3n) is 6.38. The first-order chi connectivity index (χ1) is 17.1. The summed E-state index contributed by atoms with van der Waals surface area (Å²) in [5.41, 5.74) is 1.67. The van der Waals surface area contributed by atoms with Gasteiger partial charge in [-0.2, -0.15) is 10.2 Å². The van der Waals surface area contributed by atoms with E-state index in [4.69, 9.17) is 4.84 Å². The van der Waals surface area contributed by atoms with Crippen molar-refractivity contribution < 1.29 is 14.7 Å². The smallest absolute Gasteiger partial charge is 0.332 e. The molecule has 5 rings (SSSR count). The Morgan fingerprint density at radius 1 is 1.31 bits per heavy atom. The SMILES string of the molecule is Cc1nn(-c2nccs2)c(C)c1Cc1sc2c(c1C(=O)N1OCC[C@@H]1O)c(=O)n(C)c(=O)n2C(C)C. The second-order valence-corrected chi connectivity index (χ2v) is 10.9. The van der Waals surface area contributed by atoms with Crippen LogP contribution in [0.5, 0.6) is 0 Å². The Hall–Kier alpha value is -3.13. The van der Waals surface area contributed by atoms with Crippen LogP contribution in [-0.2, 0) is 18.3 Å². The Balaban J connectivity index is 1.76. The van der Waals surface area contributed by atoms with Crippen LogP contribution >= 0.6 is 22.7 Å². The van der Waals surface area contributed by atoms with Crippen LogP contribution in [0, 0.1) is 13.8 Å². The predicted octanol–water partition coefficient (Wildman–Crippen LogP) is 2.29. The summed E-state index contributed by atoms with van der Waals surface area (Å²) in [7, 11) is 1.40. The minimum Gasteiger partial charge on any atom is -0.371 e. The summed E-state index contributed by atoms with van der Waals surface area (Å²) < 4.78 is 4.32. The number of carbonyl (C=O) groups excluding carboxylic acids is 1. The van der Waals surface area contributed by atoms with Crippen LogP contribution in [0.1, 0.15) is 58.5 Å². The molecule has 0 bridgehead atoms. The predicted molar refractivity (Wildman–Crippen MR) is 136 cm³/mol. The van der Waals surface area contributed by atoms with E-state index in [-0.39, 0.29) is 30.0 Å². The van der Waals surface area contributed by atoms with Crippen molar-refractivity contribution in [2.24, 2.45) is 7.05 Å². The molecule has 13 heteroatoms. The second-order valence-electron chi connectivity index (χ2n) is 8.98. The van der Waals surface area contributed by atoms with Crippen LogP contribution in [0.3, 0.4) is 0 Å². The minimum absolute atomic E-state index is 0.145. The van der Waals surface area contributed by atoms with Gasteiger partial charge in [0.1, 0.15) is 4.83 Å². The number of aromatic nitrogens is 5. The number of thiazole rings is 1. The molecule has 1 fully saturated rings. The van der Waals surface area contributed by atoms with Crippen LogP contribution in [-0.4, -0.2) is 52.8 Å². The van der Waals surface area contributed by atoms with Gasteiger partial charge < -0.3 is 5.11 Å². The zero-order valence-corrected chi connectivity index (χ0v) is 22.1. The maximum absolute atomic E-state index is 13.7. The number of aryl methyl sites for hydroxylation is 1. The molecule has 0 radical (unpaired) electrons. The van der Waals surface area contributed by atoms with Gasteiger partial charge in [-0.25, -0.2) is 14.5 Å². The number of thiophene rings is 1. The first kappa shape index (κ1) is 24.6. The molecule has 0 aromatic carbocycles. The number of rotatable bonds is 5. The molecule has 0 unspecified atom stereocenters. The topological polar surface area (TPSA) is 124 Å². The minimum atomic E-state index is -1.11. The third-order valence-corrected chi connectivity index (χ3v) is 8.32. The number of nitrogens with zero attached hydrogens (tertiary/aromatic N) is 6. The van der Waals surface area contributed by atoms with Gasteiger partial charge in [0.2, 0.25) is 5.13 Å². The molecule has 0 spiro atoms. The Kier molecular flexibility index (Phi) is 6.19. The molecule has 1 atom stereocenters. The summed E-state index contributed by atoms with van der Waals surface area (Å²) in [6.45, 7) is 7.72. The molecule has 1 amide bonds. The molecule has 4 aromatic rings. The van der Waals surface area contributed by atoms with Crippen molar-refractivity contribution >= 4 is 38.8 Å². The lowest BCUT2D eigenvalue weighted by Gasteiger charge is -2.19. The summed E-state index contributed by atoms with van der Waals surface area (Å²) in [4.78, 5) is 50.9. The van der Waals surface area contributed by atoms with Gasteiger partial charge in [0, 0.05) is 53.6 Å². The van der Waals surface area contributed by atoms with E-state index < -0.39 is 23.4 Å². The molecular formula is C23H26N6O5S2. The van der Waals surface area contributed by atoms with Crippen molar-refractivity contribution in [1.82, 2.24) is 29.0 Å². The molecule has 1 saturated heterocycles. The Labute approximate surface area is 213 Å². The van der Waals surface area contributed by atoms with Gasteiger partial charge in [0.15, 0.2) is 6.23 Å². The number of hydroxylamine groups is 2. The van der Waals surface area contributed by atoms with Gasteiger partial charge in [-0.1, -0.05) is 0 Å². The van der Waals surface area contributed by atoms with Crippen molar-refractivity contribution in [3.8, 4) is 5.13 Å². The molecule has 4 aromatic heterocycles. The molecule has 1 aliphatic rings. The molecule has 0 aliphatic carbocycles. The molecule has 0 saturated carbocycles. The Morgan fingerprint density at radius 3 is 2.67 bits per heavy atom. The average molecular weight is 531 g/mol. The molecule has 190 valence electrons. The number of fused-ring (bicyclic) bond motifs is 1. The summed E-state index contributed by atoms with van der Waals surface area (Å²) in [6, 6.07) is -0.244. The normalized spacial score (nSPS) is 16.1. The summed E-state index contributed by atoms with van der Waals surface area (Å²) in [6.07, 6.45) is 1.18. The second kappa shape index (κ2) is 9.07. The Morgan fingerprint density at radius 2 is 2.06 bits per heavy atom. The van der Waals surface area contributed by atoms with Crippen LogP contribution < -0.4 is 11.2 Å². The van der Waals surface area contributed by atoms with E-state index in [0.717, 1.165) is 31.7 Å². The number of carbonyl (C=O) groups is 1. The maximum Gasteiger partial charge on any atom is 0.332 e. The lowest BCUT2D eigenvalue weighted by Crippen LogP contribution is -2.40. The standard InChI is InChI=1S/C23H26N6O5S2/c1-11(2)27-21-18(19(31)26(5)23(27)33)17(20(32)29-16(30)6-8-34-29)15(36-21)10-14-12(3)25-28(13(14)4)22-24-7-9-35-22/h7,9,11,16,30H,6,8,10H2,1-5H3/t16-/m0/s1. The number of aliphatic hydroxyl groups excluding tert-OH is 1. The highest BCUT2D eigenvalue weighted by atomic mass is 32.1. The molecule has 5 heterocycles. The van der Waals surface area contributed by atoms with Gasteiger partial charge >= 0.3 is 5.69 Å². The molecule has 1 aliphatic heterocycles. The highest BCUT2D eigenvalue weighted by Gasteiger charge is 2.35. The van der Waals surface area contributed by atoms with Crippen molar-refractivity contribution in [1.29, 1.82) is 0 Å². The lowest BCUT2D eigenvalue weighted by atomic mass is 10.0. The van der Waals surface area contributed by atoms with Gasteiger partial charge in [-0.15, -0.1) is 22.7 Å². The van der Waals surface area contributed by atoms with E-state index in [1.165, 1.54) is 34.3 Å². The third kappa shape index (κ3) is 3.74. The summed E-state index contributed by atoms with van der Waals surface area (Å²) >= 11 is 2.70. The summed E-state index contributed by atoms with van der Waals surface area (Å²) in [5.74, 6) is -0.602. The van der Waals surface area contributed by atoms with Crippen LogP contribution in [0.15, 0.2) is 21.2 Å². The zero-order valence-electron chi connectivity index (χ0n) is 20.5. The number of aliphatic hydroxyl groups is 1. The molecule has 1 N–H and O–H groups in total. The van der Waals surface area contributed by atoms with E-state index in [1.54, 1.807) is 10.9 Å². The maximum atomic E-state index is 13.7. The van der Waals surface area contributed by atoms with Crippen molar-refractivity contribution in [2.75, 3.05) is 6.61 Å². The first-order valence-electron chi connectivity index (χ1n) is 11.5. The van der Waals surface area contributed by atoms with E-state index in [9.17, 15) is 19.5 Å². The largest absolute Gasteiger partial charge is 0.371 e.